The maximum Gasteiger partial charge on any atom is 0.123 e. The van der Waals surface area contributed by atoms with Crippen molar-refractivity contribution in [3.8, 4) is 5.75 Å². The minimum atomic E-state index is 0. The largest absolute Gasteiger partial charge is 0.496 e. The molecule has 0 bridgehead atoms. The Hall–Kier alpha value is -0.290. The molecule has 102 valence electrons. The quantitative estimate of drug-likeness (QED) is 0.923. The second-order valence-corrected chi connectivity index (χ2v) is 5.51. The molecule has 1 atom stereocenters. The van der Waals surface area contributed by atoms with E-state index in [1.807, 2.05) is 12.1 Å². The molecule has 0 unspecified atom stereocenters. The van der Waals surface area contributed by atoms with Crippen molar-refractivity contribution < 1.29 is 4.74 Å². The molecule has 2 N–H and O–H groups in total. The fourth-order valence-electron chi connectivity index (χ4n) is 2.35. The van der Waals surface area contributed by atoms with Gasteiger partial charge in [0.05, 0.1) is 7.11 Å². The first-order valence-corrected chi connectivity index (χ1v) is 6.78. The summed E-state index contributed by atoms with van der Waals surface area (Å²) in [7, 11) is 1.72. The number of halogens is 2. The van der Waals surface area contributed by atoms with E-state index in [4.69, 9.17) is 10.5 Å². The first-order chi connectivity index (χ1) is 8.19. The number of rotatable bonds is 3. The highest BCUT2D eigenvalue weighted by atomic mass is 79.9. The average molecular weight is 336 g/mol. The summed E-state index contributed by atoms with van der Waals surface area (Å²) in [4.78, 5) is 2.40. The Balaban J connectivity index is 0.00000162. The molecule has 0 radical (unpaired) electrons. The van der Waals surface area contributed by atoms with Crippen molar-refractivity contribution in [2.24, 2.45) is 5.73 Å². The van der Waals surface area contributed by atoms with Crippen LogP contribution in [0, 0.1) is 0 Å². The van der Waals surface area contributed by atoms with Crippen LogP contribution in [-0.2, 0) is 6.54 Å². The summed E-state index contributed by atoms with van der Waals surface area (Å²) >= 11 is 3.50. The molecule has 0 aliphatic carbocycles. The Bertz CT molecular complexity index is 389. The third-order valence-electron chi connectivity index (χ3n) is 3.18. The number of hydrogen-bond donors (Lipinski definition) is 1. The predicted octanol–water partition coefficient (Wildman–Crippen LogP) is 2.80. The Morgan fingerprint density at radius 3 is 2.94 bits per heavy atom. The maximum absolute atomic E-state index is 6.00. The lowest BCUT2D eigenvalue weighted by molar-refractivity contribution is 0.199. The topological polar surface area (TPSA) is 38.5 Å². The van der Waals surface area contributed by atoms with Crippen molar-refractivity contribution in [1.82, 2.24) is 4.90 Å². The number of piperidine rings is 1. The van der Waals surface area contributed by atoms with Crippen LogP contribution in [0.25, 0.3) is 0 Å². The number of hydrogen-bond acceptors (Lipinski definition) is 3. The summed E-state index contributed by atoms with van der Waals surface area (Å²) in [5.74, 6) is 0.951. The van der Waals surface area contributed by atoms with Crippen molar-refractivity contribution in [3.05, 3.63) is 28.2 Å². The number of nitrogens with two attached hydrogens (primary N) is 1. The molecule has 1 aromatic rings. The molecule has 1 aliphatic rings. The molecule has 18 heavy (non-hydrogen) atoms. The third kappa shape index (κ3) is 4.12. The van der Waals surface area contributed by atoms with Crippen LogP contribution in [0.2, 0.25) is 0 Å². The second kappa shape index (κ2) is 7.34. The van der Waals surface area contributed by atoms with Gasteiger partial charge in [-0.15, -0.1) is 12.4 Å². The van der Waals surface area contributed by atoms with Gasteiger partial charge in [0.15, 0.2) is 0 Å². The summed E-state index contributed by atoms with van der Waals surface area (Å²) in [6.07, 6.45) is 2.34. The van der Waals surface area contributed by atoms with E-state index in [-0.39, 0.29) is 12.4 Å². The zero-order valence-corrected chi connectivity index (χ0v) is 13.0. The van der Waals surface area contributed by atoms with Crippen LogP contribution in [0.5, 0.6) is 5.75 Å². The van der Waals surface area contributed by atoms with Crippen LogP contribution in [0.4, 0.5) is 0 Å². The Morgan fingerprint density at radius 2 is 2.28 bits per heavy atom. The number of likely N-dealkylation sites (tertiary alicyclic amines) is 1. The average Bonchev–Trinajstić information content (AvgIpc) is 2.29. The van der Waals surface area contributed by atoms with E-state index in [0.717, 1.165) is 36.3 Å². The minimum absolute atomic E-state index is 0. The molecule has 0 amide bonds. The zero-order valence-electron chi connectivity index (χ0n) is 10.6. The van der Waals surface area contributed by atoms with Crippen LogP contribution < -0.4 is 10.5 Å². The lowest BCUT2D eigenvalue weighted by Gasteiger charge is -2.31. The molecular formula is C13H20BrClN2O. The fourth-order valence-corrected chi connectivity index (χ4v) is 2.76. The van der Waals surface area contributed by atoms with Crippen LogP contribution in [0.3, 0.4) is 0 Å². The molecule has 0 spiro atoms. The lowest BCUT2D eigenvalue weighted by Crippen LogP contribution is -2.42. The molecular weight excluding hydrogens is 316 g/mol. The molecule has 1 fully saturated rings. The first kappa shape index (κ1) is 15.8. The fraction of sp³-hybridized carbons (Fsp3) is 0.538. The van der Waals surface area contributed by atoms with Gasteiger partial charge in [0.2, 0.25) is 0 Å². The van der Waals surface area contributed by atoms with Gasteiger partial charge in [0.25, 0.3) is 0 Å². The highest BCUT2D eigenvalue weighted by Crippen LogP contribution is 2.25. The minimum Gasteiger partial charge on any atom is -0.496 e. The smallest absolute Gasteiger partial charge is 0.123 e. The van der Waals surface area contributed by atoms with Crippen molar-refractivity contribution in [2.75, 3.05) is 20.2 Å². The molecule has 2 rings (SSSR count). The van der Waals surface area contributed by atoms with Crippen molar-refractivity contribution in [3.63, 3.8) is 0 Å². The van der Waals surface area contributed by atoms with E-state index in [0.29, 0.717) is 6.04 Å². The molecule has 1 aliphatic heterocycles. The van der Waals surface area contributed by atoms with Crippen LogP contribution in [0.15, 0.2) is 22.7 Å². The van der Waals surface area contributed by atoms with Gasteiger partial charge in [0.1, 0.15) is 5.75 Å². The number of methoxy groups -OCH3 is 1. The van der Waals surface area contributed by atoms with E-state index in [1.54, 1.807) is 7.11 Å². The third-order valence-corrected chi connectivity index (χ3v) is 3.67. The van der Waals surface area contributed by atoms with Crippen molar-refractivity contribution >= 4 is 28.3 Å². The van der Waals surface area contributed by atoms with Crippen LogP contribution in [-0.4, -0.2) is 31.1 Å². The maximum atomic E-state index is 6.00. The Morgan fingerprint density at radius 1 is 1.50 bits per heavy atom. The van der Waals surface area contributed by atoms with Gasteiger partial charge in [-0.1, -0.05) is 15.9 Å². The van der Waals surface area contributed by atoms with E-state index in [2.05, 4.69) is 26.9 Å². The number of nitrogens with zero attached hydrogens (tertiary/aromatic N) is 1. The molecule has 3 nitrogen and oxygen atoms in total. The van der Waals surface area contributed by atoms with Crippen molar-refractivity contribution in [1.29, 1.82) is 0 Å². The highest BCUT2D eigenvalue weighted by molar-refractivity contribution is 9.10. The van der Waals surface area contributed by atoms with Gasteiger partial charge in [-0.25, -0.2) is 0 Å². The van der Waals surface area contributed by atoms with Gasteiger partial charge in [-0.05, 0) is 37.6 Å². The molecule has 5 heteroatoms. The zero-order chi connectivity index (χ0) is 12.3. The van der Waals surface area contributed by atoms with Crippen molar-refractivity contribution in [2.45, 2.75) is 25.4 Å². The van der Waals surface area contributed by atoms with E-state index < -0.39 is 0 Å². The van der Waals surface area contributed by atoms with Crippen LogP contribution in [0.1, 0.15) is 18.4 Å². The second-order valence-electron chi connectivity index (χ2n) is 4.59. The number of benzene rings is 1. The van der Waals surface area contributed by atoms with Gasteiger partial charge in [-0.3, -0.25) is 4.90 Å². The molecule has 1 aromatic carbocycles. The molecule has 0 aromatic heterocycles. The molecule has 1 saturated heterocycles. The summed E-state index contributed by atoms with van der Waals surface area (Å²) in [5, 5.41) is 0. The number of ether oxygens (including phenoxy) is 1. The SMILES string of the molecule is COc1ccc(Br)cc1CN1CCC[C@@H](N)C1.Cl. The van der Waals surface area contributed by atoms with Gasteiger partial charge in [0, 0.05) is 29.2 Å². The summed E-state index contributed by atoms with van der Waals surface area (Å²) in [6, 6.07) is 6.45. The lowest BCUT2D eigenvalue weighted by atomic mass is 10.1. The first-order valence-electron chi connectivity index (χ1n) is 5.99. The van der Waals surface area contributed by atoms with Crippen LogP contribution >= 0.6 is 28.3 Å². The van der Waals surface area contributed by atoms with Gasteiger partial charge < -0.3 is 10.5 Å². The van der Waals surface area contributed by atoms with Gasteiger partial charge >= 0.3 is 0 Å². The molecule has 0 saturated carbocycles. The normalized spacial score (nSPS) is 20.3. The summed E-state index contributed by atoms with van der Waals surface area (Å²) < 4.78 is 6.48. The monoisotopic (exact) mass is 334 g/mol. The Kier molecular flexibility index (Phi) is 6.43. The summed E-state index contributed by atoms with van der Waals surface area (Å²) in [6.45, 7) is 3.02. The standard InChI is InChI=1S/C13H19BrN2O.ClH/c1-17-13-5-4-11(14)7-10(13)8-16-6-2-3-12(15)9-16;/h4-5,7,12H,2-3,6,8-9,15H2,1H3;1H/t12-;/m1./s1. The van der Waals surface area contributed by atoms with Gasteiger partial charge in [-0.2, -0.15) is 0 Å². The predicted molar refractivity (Wildman–Crippen MR) is 80.4 cm³/mol. The molecule has 1 heterocycles. The Labute approximate surface area is 123 Å². The van der Waals surface area contributed by atoms with E-state index in [1.165, 1.54) is 12.0 Å². The highest BCUT2D eigenvalue weighted by Gasteiger charge is 2.17. The van der Waals surface area contributed by atoms with E-state index >= 15 is 0 Å². The van der Waals surface area contributed by atoms with E-state index in [9.17, 15) is 0 Å². The summed E-state index contributed by atoms with van der Waals surface area (Å²) in [5.41, 5.74) is 7.22.